The van der Waals surface area contributed by atoms with Crippen LogP contribution in [0.2, 0.25) is 0 Å². The average molecular weight is 356 g/mol. The number of anilines is 1. The Bertz CT molecular complexity index is 744. The van der Waals surface area contributed by atoms with Gasteiger partial charge in [-0.1, -0.05) is 24.3 Å². The van der Waals surface area contributed by atoms with Crippen LogP contribution in [0.25, 0.3) is 0 Å². The fourth-order valence-corrected chi connectivity index (χ4v) is 2.56. The van der Waals surface area contributed by atoms with Gasteiger partial charge in [-0.3, -0.25) is 14.5 Å². The number of hydrogen-bond donors (Lipinski definition) is 1. The summed E-state index contributed by atoms with van der Waals surface area (Å²) in [6.45, 7) is 1.86. The Morgan fingerprint density at radius 2 is 1.69 bits per heavy atom. The Labute approximate surface area is 153 Å². The fourth-order valence-electron chi connectivity index (χ4n) is 2.56. The SMILES string of the molecule is COc1ccc(CCNC(=O)CN(C(C)=O)c2ccccc2OC)cc1. The van der Waals surface area contributed by atoms with E-state index in [0.29, 0.717) is 24.4 Å². The summed E-state index contributed by atoms with van der Waals surface area (Å²) >= 11 is 0. The number of nitrogens with zero attached hydrogens (tertiary/aromatic N) is 1. The summed E-state index contributed by atoms with van der Waals surface area (Å²) in [7, 11) is 3.16. The van der Waals surface area contributed by atoms with Crippen LogP contribution in [0.5, 0.6) is 11.5 Å². The highest BCUT2D eigenvalue weighted by Gasteiger charge is 2.18. The number of rotatable bonds is 8. The number of amides is 2. The molecule has 0 aliphatic rings. The summed E-state index contributed by atoms with van der Waals surface area (Å²) in [6, 6.07) is 14.8. The summed E-state index contributed by atoms with van der Waals surface area (Å²) in [6.07, 6.45) is 0.699. The van der Waals surface area contributed by atoms with Crippen molar-refractivity contribution < 1.29 is 19.1 Å². The Kier molecular flexibility index (Phi) is 7.02. The lowest BCUT2D eigenvalue weighted by Crippen LogP contribution is -2.40. The lowest BCUT2D eigenvalue weighted by molar-refractivity contribution is -0.123. The maximum atomic E-state index is 12.3. The molecule has 0 radical (unpaired) electrons. The van der Waals surface area contributed by atoms with Crippen LogP contribution in [-0.4, -0.2) is 39.1 Å². The van der Waals surface area contributed by atoms with Crippen LogP contribution >= 0.6 is 0 Å². The normalized spacial score (nSPS) is 10.1. The molecule has 0 aliphatic carbocycles. The molecule has 0 unspecified atom stereocenters. The van der Waals surface area contributed by atoms with Crippen molar-refractivity contribution in [3.8, 4) is 11.5 Å². The Morgan fingerprint density at radius 1 is 1.00 bits per heavy atom. The fraction of sp³-hybridized carbons (Fsp3) is 0.300. The van der Waals surface area contributed by atoms with E-state index >= 15 is 0 Å². The number of hydrogen-bond acceptors (Lipinski definition) is 4. The average Bonchev–Trinajstić information content (AvgIpc) is 2.66. The first-order valence-corrected chi connectivity index (χ1v) is 8.36. The largest absolute Gasteiger partial charge is 0.497 e. The van der Waals surface area contributed by atoms with Crippen LogP contribution < -0.4 is 19.7 Å². The molecule has 6 heteroatoms. The van der Waals surface area contributed by atoms with Gasteiger partial charge in [0, 0.05) is 13.5 Å². The van der Waals surface area contributed by atoms with E-state index in [9.17, 15) is 9.59 Å². The number of carbonyl (C=O) groups excluding carboxylic acids is 2. The molecule has 2 aromatic carbocycles. The van der Waals surface area contributed by atoms with Crippen molar-refractivity contribution in [1.82, 2.24) is 5.32 Å². The minimum atomic E-state index is -0.223. The second-order valence-electron chi connectivity index (χ2n) is 5.73. The first-order chi connectivity index (χ1) is 12.5. The monoisotopic (exact) mass is 356 g/mol. The quantitative estimate of drug-likeness (QED) is 0.789. The topological polar surface area (TPSA) is 67.9 Å². The van der Waals surface area contributed by atoms with Gasteiger partial charge in [0.05, 0.1) is 19.9 Å². The molecular formula is C20H24N2O4. The molecule has 0 fully saturated rings. The van der Waals surface area contributed by atoms with E-state index in [0.717, 1.165) is 11.3 Å². The van der Waals surface area contributed by atoms with Gasteiger partial charge in [0.2, 0.25) is 11.8 Å². The molecule has 2 amide bonds. The molecular weight excluding hydrogens is 332 g/mol. The second kappa shape index (κ2) is 9.46. The minimum Gasteiger partial charge on any atom is -0.497 e. The van der Waals surface area contributed by atoms with Crippen LogP contribution in [0.4, 0.5) is 5.69 Å². The molecule has 0 heterocycles. The second-order valence-corrected chi connectivity index (χ2v) is 5.73. The molecule has 2 aromatic rings. The molecule has 1 N–H and O–H groups in total. The summed E-state index contributed by atoms with van der Waals surface area (Å²) < 4.78 is 10.4. The van der Waals surface area contributed by atoms with E-state index in [4.69, 9.17) is 9.47 Å². The number of carbonyl (C=O) groups is 2. The van der Waals surface area contributed by atoms with Gasteiger partial charge in [-0.2, -0.15) is 0 Å². The van der Waals surface area contributed by atoms with Gasteiger partial charge < -0.3 is 14.8 Å². The third-order valence-electron chi connectivity index (χ3n) is 3.95. The third-order valence-corrected chi connectivity index (χ3v) is 3.95. The predicted molar refractivity (Wildman–Crippen MR) is 101 cm³/mol. The van der Waals surface area contributed by atoms with Crippen LogP contribution in [-0.2, 0) is 16.0 Å². The van der Waals surface area contributed by atoms with Crippen LogP contribution in [0, 0.1) is 0 Å². The van der Waals surface area contributed by atoms with Crippen LogP contribution in [0.15, 0.2) is 48.5 Å². The highest BCUT2D eigenvalue weighted by atomic mass is 16.5. The van der Waals surface area contributed by atoms with Crippen molar-refractivity contribution in [3.05, 3.63) is 54.1 Å². The Hall–Kier alpha value is -3.02. The van der Waals surface area contributed by atoms with Gasteiger partial charge in [0.25, 0.3) is 0 Å². The smallest absolute Gasteiger partial charge is 0.240 e. The van der Waals surface area contributed by atoms with Crippen molar-refractivity contribution in [2.75, 3.05) is 32.2 Å². The van der Waals surface area contributed by atoms with Crippen molar-refractivity contribution in [3.63, 3.8) is 0 Å². The lowest BCUT2D eigenvalue weighted by atomic mass is 10.1. The summed E-state index contributed by atoms with van der Waals surface area (Å²) in [4.78, 5) is 25.6. The molecule has 0 bridgehead atoms. The molecule has 0 saturated heterocycles. The highest BCUT2D eigenvalue weighted by Crippen LogP contribution is 2.27. The Morgan fingerprint density at radius 3 is 2.31 bits per heavy atom. The molecule has 2 rings (SSSR count). The van der Waals surface area contributed by atoms with Crippen LogP contribution in [0.1, 0.15) is 12.5 Å². The van der Waals surface area contributed by atoms with Gasteiger partial charge in [0.15, 0.2) is 0 Å². The van der Waals surface area contributed by atoms with E-state index in [-0.39, 0.29) is 18.4 Å². The maximum absolute atomic E-state index is 12.3. The van der Waals surface area contributed by atoms with Gasteiger partial charge in [-0.15, -0.1) is 0 Å². The number of nitrogens with one attached hydrogen (secondary N) is 1. The molecule has 0 atom stereocenters. The van der Waals surface area contributed by atoms with Crippen molar-refractivity contribution in [1.29, 1.82) is 0 Å². The lowest BCUT2D eigenvalue weighted by Gasteiger charge is -2.22. The van der Waals surface area contributed by atoms with Gasteiger partial charge >= 0.3 is 0 Å². The third kappa shape index (κ3) is 5.24. The highest BCUT2D eigenvalue weighted by molar-refractivity contribution is 5.98. The number of benzene rings is 2. The molecule has 0 aromatic heterocycles. The summed E-state index contributed by atoms with van der Waals surface area (Å²) in [5.41, 5.74) is 1.67. The van der Waals surface area contributed by atoms with E-state index in [1.807, 2.05) is 30.3 Å². The standard InChI is InChI=1S/C20H24N2O4/c1-15(23)22(18-6-4-5-7-19(18)26-3)14-20(24)21-13-12-16-8-10-17(25-2)11-9-16/h4-11H,12-14H2,1-3H3,(H,21,24). The molecule has 0 aliphatic heterocycles. The maximum Gasteiger partial charge on any atom is 0.240 e. The van der Waals surface area contributed by atoms with Gasteiger partial charge in [0.1, 0.15) is 18.0 Å². The molecule has 138 valence electrons. The van der Waals surface area contributed by atoms with Crippen molar-refractivity contribution >= 4 is 17.5 Å². The van der Waals surface area contributed by atoms with Gasteiger partial charge in [-0.05, 0) is 36.2 Å². The Balaban J connectivity index is 1.92. The van der Waals surface area contributed by atoms with E-state index in [2.05, 4.69) is 5.32 Å². The van der Waals surface area contributed by atoms with Crippen molar-refractivity contribution in [2.45, 2.75) is 13.3 Å². The van der Waals surface area contributed by atoms with E-state index in [1.165, 1.54) is 18.9 Å². The molecule has 0 saturated carbocycles. The zero-order chi connectivity index (χ0) is 18.9. The summed E-state index contributed by atoms with van der Waals surface area (Å²) in [5, 5.41) is 2.85. The molecule has 26 heavy (non-hydrogen) atoms. The van der Waals surface area contributed by atoms with Crippen LogP contribution in [0.3, 0.4) is 0 Å². The number of ether oxygens (including phenoxy) is 2. The van der Waals surface area contributed by atoms with E-state index < -0.39 is 0 Å². The van der Waals surface area contributed by atoms with Gasteiger partial charge in [-0.25, -0.2) is 0 Å². The number of methoxy groups -OCH3 is 2. The zero-order valence-electron chi connectivity index (χ0n) is 15.3. The number of para-hydroxylation sites is 2. The molecule has 0 spiro atoms. The predicted octanol–water partition coefficient (Wildman–Crippen LogP) is 2.42. The first kappa shape index (κ1) is 19.3. The summed E-state index contributed by atoms with van der Waals surface area (Å²) in [5.74, 6) is 0.903. The minimum absolute atomic E-state index is 0.0572. The van der Waals surface area contributed by atoms with E-state index in [1.54, 1.807) is 25.3 Å². The molecule has 6 nitrogen and oxygen atoms in total. The van der Waals surface area contributed by atoms with Crippen molar-refractivity contribution in [2.24, 2.45) is 0 Å². The first-order valence-electron chi connectivity index (χ1n) is 8.36. The zero-order valence-corrected chi connectivity index (χ0v) is 15.3.